The molecule has 0 fully saturated rings. The Bertz CT molecular complexity index is 662. The predicted molar refractivity (Wildman–Crippen MR) is 76.1 cm³/mol. The lowest BCUT2D eigenvalue weighted by Crippen LogP contribution is -2.34. The average Bonchev–Trinajstić information content (AvgIpc) is 2.85. The van der Waals surface area contributed by atoms with Gasteiger partial charge in [-0.3, -0.25) is 4.90 Å². The van der Waals surface area contributed by atoms with E-state index in [-0.39, 0.29) is 0 Å². The van der Waals surface area contributed by atoms with Crippen LogP contribution >= 0.6 is 11.3 Å². The first-order chi connectivity index (χ1) is 9.15. The van der Waals surface area contributed by atoms with Crippen molar-refractivity contribution < 1.29 is 9.90 Å². The second kappa shape index (κ2) is 4.66. The van der Waals surface area contributed by atoms with E-state index in [1.165, 1.54) is 4.90 Å². The highest BCUT2D eigenvalue weighted by molar-refractivity contribution is 7.16. The zero-order chi connectivity index (χ0) is 13.4. The number of thiazole rings is 1. The van der Waals surface area contributed by atoms with E-state index in [4.69, 9.17) is 0 Å². The molecule has 4 nitrogen and oxygen atoms in total. The van der Waals surface area contributed by atoms with E-state index in [0.717, 1.165) is 27.9 Å². The second-order valence-corrected chi connectivity index (χ2v) is 5.74. The van der Waals surface area contributed by atoms with Crippen LogP contribution in [0.1, 0.15) is 18.9 Å². The highest BCUT2D eigenvalue weighted by Crippen LogP contribution is 2.30. The molecule has 0 saturated carbocycles. The minimum absolute atomic E-state index is 0.364. The van der Waals surface area contributed by atoms with Gasteiger partial charge in [0.25, 0.3) is 0 Å². The number of nitrogens with zero attached hydrogens (tertiary/aromatic N) is 2. The lowest BCUT2D eigenvalue weighted by molar-refractivity contribution is 0.159. The third kappa shape index (κ3) is 2.21. The lowest BCUT2D eigenvalue weighted by atomic mass is 9.98. The van der Waals surface area contributed by atoms with Gasteiger partial charge in [0.2, 0.25) is 0 Å². The molecule has 1 N–H and O–H groups in total. The van der Waals surface area contributed by atoms with Gasteiger partial charge in [0.05, 0.1) is 21.4 Å². The van der Waals surface area contributed by atoms with E-state index in [9.17, 15) is 9.90 Å². The van der Waals surface area contributed by atoms with E-state index in [1.54, 1.807) is 16.8 Å². The molecule has 3 rings (SSSR count). The van der Waals surface area contributed by atoms with Gasteiger partial charge in [-0.15, -0.1) is 11.3 Å². The van der Waals surface area contributed by atoms with Crippen molar-refractivity contribution in [2.75, 3.05) is 6.54 Å². The van der Waals surface area contributed by atoms with Crippen molar-refractivity contribution in [1.82, 2.24) is 9.88 Å². The number of carbonyl (C=O) groups is 1. The Morgan fingerprint density at radius 3 is 3.16 bits per heavy atom. The van der Waals surface area contributed by atoms with E-state index < -0.39 is 6.09 Å². The Balaban J connectivity index is 2.05. The fourth-order valence-corrected chi connectivity index (χ4v) is 3.04. The second-order valence-electron chi connectivity index (χ2n) is 4.86. The number of benzene rings is 1. The summed E-state index contributed by atoms with van der Waals surface area (Å²) in [6.45, 7) is 2.61. The lowest BCUT2D eigenvalue weighted by Gasteiger charge is -2.29. The maximum absolute atomic E-state index is 11.4. The molecule has 0 bridgehead atoms. The van der Waals surface area contributed by atoms with Crippen LogP contribution < -0.4 is 0 Å². The summed E-state index contributed by atoms with van der Waals surface area (Å²) in [5, 5.41) is 9.33. The first-order valence-electron chi connectivity index (χ1n) is 6.19. The van der Waals surface area contributed by atoms with Crippen LogP contribution in [0.5, 0.6) is 0 Å². The number of rotatable bonds is 1. The summed E-state index contributed by atoms with van der Waals surface area (Å²) in [7, 11) is 0. The molecule has 1 aliphatic heterocycles. The Morgan fingerprint density at radius 1 is 1.53 bits per heavy atom. The number of fused-ring (bicyclic) bond motifs is 1. The summed E-state index contributed by atoms with van der Waals surface area (Å²) in [4.78, 5) is 17.1. The molecule has 1 aromatic carbocycles. The number of hydrogen-bond donors (Lipinski definition) is 1. The number of amides is 1. The molecule has 1 aromatic heterocycles. The molecule has 0 aliphatic carbocycles. The maximum atomic E-state index is 11.4. The molecule has 19 heavy (non-hydrogen) atoms. The molecule has 2 heterocycles. The van der Waals surface area contributed by atoms with Crippen molar-refractivity contribution in [3.63, 3.8) is 0 Å². The first-order valence-corrected chi connectivity index (χ1v) is 7.07. The molecular weight excluding hydrogens is 260 g/mol. The molecule has 0 radical (unpaired) electrons. The highest BCUT2D eigenvalue weighted by atomic mass is 32.1. The van der Waals surface area contributed by atoms with E-state index in [2.05, 4.69) is 11.9 Å². The topological polar surface area (TPSA) is 53.4 Å². The standard InChI is InChI=1S/C14H14N2O2S/c1-9-2-4-12(16(7-9)14(17)18)10-3-5-13-11(6-10)15-8-19-13/h3-6,8-9H,2,7H2,1H3,(H,17,18). The Labute approximate surface area is 115 Å². The van der Waals surface area contributed by atoms with Crippen LogP contribution in [0.25, 0.3) is 15.9 Å². The molecule has 1 unspecified atom stereocenters. The number of hydrogen-bond acceptors (Lipinski definition) is 3. The fraction of sp³-hybridized carbons (Fsp3) is 0.286. The molecule has 0 saturated heterocycles. The van der Waals surface area contributed by atoms with Gasteiger partial charge in [-0.1, -0.05) is 19.1 Å². The van der Waals surface area contributed by atoms with Crippen LogP contribution in [0.2, 0.25) is 0 Å². The third-order valence-corrected chi connectivity index (χ3v) is 4.17. The largest absolute Gasteiger partial charge is 0.465 e. The van der Waals surface area contributed by atoms with Crippen LogP contribution in [0.4, 0.5) is 4.79 Å². The summed E-state index contributed by atoms with van der Waals surface area (Å²) in [6, 6.07) is 5.93. The molecule has 1 amide bonds. The molecule has 5 heteroatoms. The van der Waals surface area contributed by atoms with Crippen LogP contribution in [-0.4, -0.2) is 27.6 Å². The van der Waals surface area contributed by atoms with Gasteiger partial charge < -0.3 is 5.11 Å². The Morgan fingerprint density at radius 2 is 2.37 bits per heavy atom. The molecule has 98 valence electrons. The molecule has 2 aromatic rings. The van der Waals surface area contributed by atoms with Crippen LogP contribution in [0.3, 0.4) is 0 Å². The third-order valence-electron chi connectivity index (χ3n) is 3.36. The summed E-state index contributed by atoms with van der Waals surface area (Å²) in [5.74, 6) is 0.364. The summed E-state index contributed by atoms with van der Waals surface area (Å²) < 4.78 is 1.12. The van der Waals surface area contributed by atoms with Gasteiger partial charge in [0.15, 0.2) is 0 Å². The van der Waals surface area contributed by atoms with Crippen molar-refractivity contribution in [3.05, 3.63) is 35.3 Å². The molecule has 1 aliphatic rings. The Hall–Kier alpha value is -1.88. The zero-order valence-corrected chi connectivity index (χ0v) is 11.4. The van der Waals surface area contributed by atoms with Gasteiger partial charge in [-0.2, -0.15) is 0 Å². The zero-order valence-electron chi connectivity index (χ0n) is 10.5. The molecule has 1 atom stereocenters. The minimum Gasteiger partial charge on any atom is -0.465 e. The van der Waals surface area contributed by atoms with Gasteiger partial charge in [-0.25, -0.2) is 9.78 Å². The summed E-state index contributed by atoms with van der Waals surface area (Å²) in [5.41, 5.74) is 4.43. The van der Waals surface area contributed by atoms with Crippen LogP contribution in [0, 0.1) is 5.92 Å². The van der Waals surface area contributed by atoms with Crippen molar-refractivity contribution >= 4 is 33.3 Å². The molecule has 0 spiro atoms. The van der Waals surface area contributed by atoms with E-state index in [1.807, 2.05) is 24.3 Å². The maximum Gasteiger partial charge on any atom is 0.411 e. The minimum atomic E-state index is -0.892. The normalized spacial score (nSPS) is 19.5. The number of allylic oxidation sites excluding steroid dienone is 1. The summed E-state index contributed by atoms with van der Waals surface area (Å²) in [6.07, 6.45) is 2.03. The number of aromatic nitrogens is 1. The van der Waals surface area contributed by atoms with Crippen molar-refractivity contribution in [2.45, 2.75) is 13.3 Å². The average molecular weight is 274 g/mol. The smallest absolute Gasteiger partial charge is 0.411 e. The Kier molecular flexibility index (Phi) is 2.98. The first kappa shape index (κ1) is 12.2. The van der Waals surface area contributed by atoms with Gasteiger partial charge in [0.1, 0.15) is 0 Å². The monoisotopic (exact) mass is 274 g/mol. The van der Waals surface area contributed by atoms with Crippen molar-refractivity contribution in [1.29, 1.82) is 0 Å². The predicted octanol–water partition coefficient (Wildman–Crippen LogP) is 3.66. The van der Waals surface area contributed by atoms with E-state index >= 15 is 0 Å². The number of carboxylic acid groups (broad SMARTS) is 1. The fourth-order valence-electron chi connectivity index (χ4n) is 2.38. The van der Waals surface area contributed by atoms with Gasteiger partial charge in [-0.05, 0) is 24.5 Å². The molecular formula is C14H14N2O2S. The van der Waals surface area contributed by atoms with Crippen LogP contribution in [0.15, 0.2) is 29.8 Å². The SMILES string of the molecule is CC1CC=C(c2ccc3scnc3c2)N(C(=O)O)C1. The van der Waals surface area contributed by atoms with E-state index in [0.29, 0.717) is 12.5 Å². The van der Waals surface area contributed by atoms with Crippen LogP contribution in [-0.2, 0) is 0 Å². The highest BCUT2D eigenvalue weighted by Gasteiger charge is 2.24. The summed E-state index contributed by atoms with van der Waals surface area (Å²) >= 11 is 1.59. The van der Waals surface area contributed by atoms with Gasteiger partial charge >= 0.3 is 6.09 Å². The van der Waals surface area contributed by atoms with Gasteiger partial charge in [0, 0.05) is 12.1 Å². The van der Waals surface area contributed by atoms with Crippen molar-refractivity contribution in [2.24, 2.45) is 5.92 Å². The quantitative estimate of drug-likeness (QED) is 0.863. The van der Waals surface area contributed by atoms with Crippen molar-refractivity contribution in [3.8, 4) is 0 Å².